The summed E-state index contributed by atoms with van der Waals surface area (Å²) in [7, 11) is -1.88. The molecule has 2 atom stereocenters. The highest BCUT2D eigenvalue weighted by Gasteiger charge is 2.30. The van der Waals surface area contributed by atoms with Crippen LogP contribution in [0.3, 0.4) is 0 Å². The fraction of sp³-hybridized carbons (Fsp3) is 0.750. The van der Waals surface area contributed by atoms with E-state index in [1.807, 2.05) is 0 Å². The van der Waals surface area contributed by atoms with Crippen LogP contribution in [0.15, 0.2) is 0 Å². The first kappa shape index (κ1) is 17.4. The number of rotatable bonds is 7. The molecular weight excluding hydrogens is 302 g/mol. The summed E-state index contributed by atoms with van der Waals surface area (Å²) in [5.74, 6) is -2.57. The molecule has 1 aliphatic heterocycles. The van der Waals surface area contributed by atoms with Gasteiger partial charge in [-0.05, 0) is 18.8 Å². The minimum atomic E-state index is -3.07. The number of carboxylic acid groups (broad SMARTS) is 1. The van der Waals surface area contributed by atoms with Crippen molar-refractivity contribution >= 4 is 27.7 Å². The van der Waals surface area contributed by atoms with Gasteiger partial charge in [0, 0.05) is 12.8 Å². The minimum Gasteiger partial charge on any atom is -0.480 e. The summed E-state index contributed by atoms with van der Waals surface area (Å²) in [5.41, 5.74) is 0. The van der Waals surface area contributed by atoms with Crippen LogP contribution >= 0.6 is 0 Å². The van der Waals surface area contributed by atoms with Gasteiger partial charge in [-0.15, -0.1) is 0 Å². The van der Waals surface area contributed by atoms with Crippen molar-refractivity contribution in [3.05, 3.63) is 0 Å². The van der Waals surface area contributed by atoms with Gasteiger partial charge in [-0.1, -0.05) is 0 Å². The standard InChI is InChI=1S/C12H19NO7S/c1-20-11(15)3-2-9(12(16)17)13-10(14)6-8-4-5-21(18,19)7-8/h8-9H,2-7H2,1H3,(H,13,14)(H,16,17)/t8?,9-/m0/s1. The number of methoxy groups -OCH3 is 1. The van der Waals surface area contributed by atoms with E-state index >= 15 is 0 Å². The monoisotopic (exact) mass is 321 g/mol. The number of sulfone groups is 1. The highest BCUT2D eigenvalue weighted by molar-refractivity contribution is 7.91. The number of carbonyl (C=O) groups is 3. The molecule has 1 saturated heterocycles. The molecule has 2 N–H and O–H groups in total. The quantitative estimate of drug-likeness (QED) is 0.595. The molecule has 0 saturated carbocycles. The summed E-state index contributed by atoms with van der Waals surface area (Å²) in [4.78, 5) is 33.7. The molecule has 1 unspecified atom stereocenters. The SMILES string of the molecule is COC(=O)CC[C@H](NC(=O)CC1CCS(=O)(=O)C1)C(=O)O. The van der Waals surface area contributed by atoms with E-state index in [9.17, 15) is 22.8 Å². The number of esters is 1. The minimum absolute atomic E-state index is 0.0266. The van der Waals surface area contributed by atoms with Crippen LogP contribution in [0.4, 0.5) is 0 Å². The van der Waals surface area contributed by atoms with Gasteiger partial charge in [-0.2, -0.15) is 0 Å². The number of amides is 1. The lowest BCUT2D eigenvalue weighted by Gasteiger charge is -2.15. The second-order valence-corrected chi connectivity index (χ2v) is 7.28. The first-order valence-corrected chi connectivity index (χ1v) is 8.35. The first-order valence-electron chi connectivity index (χ1n) is 6.53. The smallest absolute Gasteiger partial charge is 0.326 e. The molecule has 1 heterocycles. The predicted molar refractivity (Wildman–Crippen MR) is 72.2 cm³/mol. The molecule has 0 aromatic rings. The van der Waals surface area contributed by atoms with E-state index in [4.69, 9.17) is 5.11 Å². The van der Waals surface area contributed by atoms with E-state index in [0.717, 1.165) is 0 Å². The Balaban J connectivity index is 2.45. The van der Waals surface area contributed by atoms with Crippen molar-refractivity contribution in [3.63, 3.8) is 0 Å². The second kappa shape index (κ2) is 7.39. The second-order valence-electron chi connectivity index (χ2n) is 5.05. The molecule has 120 valence electrons. The highest BCUT2D eigenvalue weighted by atomic mass is 32.2. The number of nitrogens with one attached hydrogen (secondary N) is 1. The summed E-state index contributed by atoms with van der Waals surface area (Å²) in [6.07, 6.45) is 0.194. The number of ether oxygens (including phenoxy) is 1. The summed E-state index contributed by atoms with van der Waals surface area (Å²) >= 11 is 0. The Morgan fingerprint density at radius 3 is 2.52 bits per heavy atom. The van der Waals surface area contributed by atoms with Gasteiger partial charge in [0.15, 0.2) is 9.84 Å². The van der Waals surface area contributed by atoms with Gasteiger partial charge in [0.2, 0.25) is 5.91 Å². The van der Waals surface area contributed by atoms with Gasteiger partial charge >= 0.3 is 11.9 Å². The molecule has 1 amide bonds. The van der Waals surface area contributed by atoms with Gasteiger partial charge in [-0.3, -0.25) is 9.59 Å². The Kier molecular flexibility index (Phi) is 6.13. The molecule has 1 aliphatic rings. The maximum absolute atomic E-state index is 11.8. The van der Waals surface area contributed by atoms with Crippen LogP contribution in [0.5, 0.6) is 0 Å². The zero-order chi connectivity index (χ0) is 16.0. The normalized spacial score (nSPS) is 21.5. The summed E-state index contributed by atoms with van der Waals surface area (Å²) < 4.78 is 27.0. The van der Waals surface area contributed by atoms with Gasteiger partial charge < -0.3 is 15.2 Å². The molecule has 0 bridgehead atoms. The number of hydrogen-bond acceptors (Lipinski definition) is 6. The van der Waals surface area contributed by atoms with Crippen LogP contribution in [0.1, 0.15) is 25.7 Å². The van der Waals surface area contributed by atoms with Crippen LogP contribution < -0.4 is 5.32 Å². The maximum atomic E-state index is 11.8. The summed E-state index contributed by atoms with van der Waals surface area (Å²) in [6.45, 7) is 0. The number of carboxylic acids is 1. The van der Waals surface area contributed by atoms with Crippen molar-refractivity contribution in [2.75, 3.05) is 18.6 Å². The average Bonchev–Trinajstić information content (AvgIpc) is 2.72. The fourth-order valence-corrected chi connectivity index (χ4v) is 4.03. The number of carbonyl (C=O) groups excluding carboxylic acids is 2. The molecule has 0 radical (unpaired) electrons. The van der Waals surface area contributed by atoms with E-state index in [2.05, 4.69) is 10.1 Å². The molecule has 8 nitrogen and oxygen atoms in total. The first-order chi connectivity index (χ1) is 9.73. The molecule has 0 aromatic carbocycles. The van der Waals surface area contributed by atoms with Crippen LogP contribution in [-0.2, 0) is 29.0 Å². The predicted octanol–water partition coefficient (Wildman–Crippen LogP) is -0.666. The molecule has 21 heavy (non-hydrogen) atoms. The molecule has 0 aliphatic carbocycles. The lowest BCUT2D eigenvalue weighted by molar-refractivity contribution is -0.144. The Hall–Kier alpha value is -1.64. The van der Waals surface area contributed by atoms with Crippen molar-refractivity contribution in [2.45, 2.75) is 31.7 Å². The van der Waals surface area contributed by atoms with Gasteiger partial charge in [0.1, 0.15) is 6.04 Å². The fourth-order valence-electron chi connectivity index (χ4n) is 2.17. The molecule has 0 spiro atoms. The lowest BCUT2D eigenvalue weighted by atomic mass is 10.0. The summed E-state index contributed by atoms with van der Waals surface area (Å²) in [5, 5.41) is 11.3. The van der Waals surface area contributed by atoms with Crippen LogP contribution in [0.25, 0.3) is 0 Å². The Morgan fingerprint density at radius 2 is 2.05 bits per heavy atom. The molecular formula is C12H19NO7S. The Morgan fingerprint density at radius 1 is 1.38 bits per heavy atom. The van der Waals surface area contributed by atoms with Crippen molar-refractivity contribution in [1.82, 2.24) is 5.32 Å². The number of hydrogen-bond donors (Lipinski definition) is 2. The Labute approximate surface area is 122 Å². The lowest BCUT2D eigenvalue weighted by Crippen LogP contribution is -2.41. The summed E-state index contributed by atoms with van der Waals surface area (Å²) in [6, 6.07) is -1.19. The van der Waals surface area contributed by atoms with Gasteiger partial charge in [0.05, 0.1) is 18.6 Å². The van der Waals surface area contributed by atoms with Gasteiger partial charge in [0.25, 0.3) is 0 Å². The molecule has 1 fully saturated rings. The maximum Gasteiger partial charge on any atom is 0.326 e. The van der Waals surface area contributed by atoms with E-state index in [1.165, 1.54) is 7.11 Å². The van der Waals surface area contributed by atoms with Crippen molar-refractivity contribution < 1.29 is 32.6 Å². The van der Waals surface area contributed by atoms with Crippen LogP contribution in [0, 0.1) is 5.92 Å². The zero-order valence-corrected chi connectivity index (χ0v) is 12.5. The van der Waals surface area contributed by atoms with Gasteiger partial charge in [-0.25, -0.2) is 13.2 Å². The topological polar surface area (TPSA) is 127 Å². The van der Waals surface area contributed by atoms with Crippen molar-refractivity contribution in [2.24, 2.45) is 5.92 Å². The van der Waals surface area contributed by atoms with Crippen molar-refractivity contribution in [3.8, 4) is 0 Å². The van der Waals surface area contributed by atoms with E-state index in [0.29, 0.717) is 6.42 Å². The molecule has 9 heteroatoms. The number of aliphatic carboxylic acids is 1. The molecule has 0 aromatic heterocycles. The van der Waals surface area contributed by atoms with Crippen molar-refractivity contribution in [1.29, 1.82) is 0 Å². The third-order valence-electron chi connectivity index (χ3n) is 3.30. The Bertz CT molecular complexity index is 514. The third kappa shape index (κ3) is 6.11. The largest absolute Gasteiger partial charge is 0.480 e. The van der Waals surface area contributed by atoms with Crippen LogP contribution in [-0.4, -0.2) is 56.0 Å². The zero-order valence-electron chi connectivity index (χ0n) is 11.7. The van der Waals surface area contributed by atoms with E-state index in [1.54, 1.807) is 0 Å². The average molecular weight is 321 g/mol. The third-order valence-corrected chi connectivity index (χ3v) is 5.14. The van der Waals surface area contributed by atoms with E-state index < -0.39 is 33.7 Å². The van der Waals surface area contributed by atoms with Crippen LogP contribution in [0.2, 0.25) is 0 Å². The highest BCUT2D eigenvalue weighted by Crippen LogP contribution is 2.21. The molecule has 1 rings (SSSR count). The van der Waals surface area contributed by atoms with E-state index in [-0.39, 0.29) is 36.7 Å².